The molecule has 1 atom stereocenters. The first-order valence-electron chi connectivity index (χ1n) is 5.73. The van der Waals surface area contributed by atoms with Crippen LogP contribution in [0.1, 0.15) is 12.0 Å². The minimum absolute atomic E-state index is 0.352. The van der Waals surface area contributed by atoms with Crippen LogP contribution in [0.3, 0.4) is 0 Å². The molecule has 0 aliphatic carbocycles. The number of nitrogens with zero attached hydrogens (tertiary/aromatic N) is 1. The van der Waals surface area contributed by atoms with E-state index in [2.05, 4.69) is 11.0 Å². The van der Waals surface area contributed by atoms with Crippen LogP contribution < -0.4 is 4.90 Å². The van der Waals surface area contributed by atoms with E-state index in [9.17, 15) is 5.11 Å². The van der Waals surface area contributed by atoms with E-state index < -0.39 is 0 Å². The van der Waals surface area contributed by atoms with Gasteiger partial charge in [-0.25, -0.2) is 0 Å². The summed E-state index contributed by atoms with van der Waals surface area (Å²) in [6.07, 6.45) is 1.17. The second-order valence-corrected chi connectivity index (χ2v) is 4.58. The Labute approximate surface area is 96.6 Å². The molecule has 1 fully saturated rings. The monoisotopic (exact) mass is 221 g/mol. The third-order valence-corrected chi connectivity index (χ3v) is 3.10. The second kappa shape index (κ2) is 4.74. The van der Waals surface area contributed by atoms with Crippen molar-refractivity contribution in [1.82, 2.24) is 0 Å². The number of anilines is 1. The van der Waals surface area contributed by atoms with Gasteiger partial charge in [0.2, 0.25) is 0 Å². The summed E-state index contributed by atoms with van der Waals surface area (Å²) in [7, 11) is 1.75. The summed E-state index contributed by atoms with van der Waals surface area (Å²) in [5, 5.41) is 9.57. The Bertz CT molecular complexity index is 345. The number of hydrogen-bond acceptors (Lipinski definition) is 3. The van der Waals surface area contributed by atoms with Crippen molar-refractivity contribution in [3.8, 4) is 5.75 Å². The van der Waals surface area contributed by atoms with E-state index in [1.807, 2.05) is 13.0 Å². The number of benzene rings is 1. The first-order chi connectivity index (χ1) is 7.69. The molecule has 1 aromatic carbocycles. The minimum atomic E-state index is 0.352. The smallest absolute Gasteiger partial charge is 0.117 e. The predicted molar refractivity (Wildman–Crippen MR) is 65.0 cm³/mol. The van der Waals surface area contributed by atoms with Crippen LogP contribution in [0.2, 0.25) is 0 Å². The predicted octanol–water partition coefficient (Wildman–Crippen LogP) is 2.17. The topological polar surface area (TPSA) is 32.7 Å². The van der Waals surface area contributed by atoms with Crippen molar-refractivity contribution in [1.29, 1.82) is 0 Å². The van der Waals surface area contributed by atoms with E-state index in [1.54, 1.807) is 13.2 Å². The summed E-state index contributed by atoms with van der Waals surface area (Å²) < 4.78 is 5.18. The van der Waals surface area contributed by atoms with Crippen molar-refractivity contribution in [2.24, 2.45) is 5.92 Å². The number of ether oxygens (including phenoxy) is 1. The van der Waals surface area contributed by atoms with E-state index in [-0.39, 0.29) is 0 Å². The molecule has 1 aliphatic rings. The van der Waals surface area contributed by atoms with Gasteiger partial charge < -0.3 is 14.7 Å². The van der Waals surface area contributed by atoms with Gasteiger partial charge in [-0.15, -0.1) is 0 Å². The molecule has 0 aromatic heterocycles. The van der Waals surface area contributed by atoms with Crippen molar-refractivity contribution in [2.45, 2.75) is 13.3 Å². The van der Waals surface area contributed by atoms with Crippen molar-refractivity contribution in [3.05, 3.63) is 23.8 Å². The summed E-state index contributed by atoms with van der Waals surface area (Å²) in [6.45, 7) is 4.91. The normalized spacial score (nSPS) is 20.4. The zero-order valence-electron chi connectivity index (χ0n) is 9.94. The van der Waals surface area contributed by atoms with E-state index >= 15 is 0 Å². The number of aromatic hydroxyl groups is 1. The first-order valence-corrected chi connectivity index (χ1v) is 5.73. The van der Waals surface area contributed by atoms with Crippen molar-refractivity contribution in [3.63, 3.8) is 0 Å². The standard InChI is InChI=1S/C13H19NO2/c1-10-5-12(7-13(15)6-10)14-4-3-11(8-14)9-16-2/h5-7,11,15H,3-4,8-9H2,1-2H3. The highest BCUT2D eigenvalue weighted by molar-refractivity contribution is 5.53. The zero-order valence-corrected chi connectivity index (χ0v) is 9.94. The molecule has 3 nitrogen and oxygen atoms in total. The maximum absolute atomic E-state index is 9.57. The first kappa shape index (κ1) is 11.3. The van der Waals surface area contributed by atoms with Gasteiger partial charge in [-0.05, 0) is 31.0 Å². The Morgan fingerprint density at radius 3 is 2.94 bits per heavy atom. The number of aryl methyl sites for hydroxylation is 1. The van der Waals surface area contributed by atoms with Gasteiger partial charge in [-0.2, -0.15) is 0 Å². The second-order valence-electron chi connectivity index (χ2n) is 4.58. The molecule has 1 aliphatic heterocycles. The van der Waals surface area contributed by atoms with Crippen LogP contribution in [0.15, 0.2) is 18.2 Å². The zero-order chi connectivity index (χ0) is 11.5. The fourth-order valence-electron chi connectivity index (χ4n) is 2.36. The average Bonchev–Trinajstić information content (AvgIpc) is 2.65. The Morgan fingerprint density at radius 1 is 1.44 bits per heavy atom. The lowest BCUT2D eigenvalue weighted by Crippen LogP contribution is -2.20. The van der Waals surface area contributed by atoms with Crippen LogP contribution in [-0.2, 0) is 4.74 Å². The number of rotatable bonds is 3. The van der Waals surface area contributed by atoms with Crippen LogP contribution in [0.5, 0.6) is 5.75 Å². The van der Waals surface area contributed by atoms with Gasteiger partial charge in [0.1, 0.15) is 5.75 Å². The quantitative estimate of drug-likeness (QED) is 0.849. The van der Waals surface area contributed by atoms with Crippen LogP contribution in [-0.4, -0.2) is 31.9 Å². The molecular weight excluding hydrogens is 202 g/mol. The lowest BCUT2D eigenvalue weighted by atomic mass is 10.1. The van der Waals surface area contributed by atoms with E-state index in [4.69, 9.17) is 4.74 Å². The molecule has 16 heavy (non-hydrogen) atoms. The van der Waals surface area contributed by atoms with Crippen LogP contribution in [0.25, 0.3) is 0 Å². The van der Waals surface area contributed by atoms with Gasteiger partial charge >= 0.3 is 0 Å². The molecule has 2 rings (SSSR count). The summed E-state index contributed by atoms with van der Waals surface area (Å²) >= 11 is 0. The SMILES string of the molecule is COCC1CCN(c2cc(C)cc(O)c2)C1. The highest BCUT2D eigenvalue weighted by Crippen LogP contribution is 2.27. The fourth-order valence-corrected chi connectivity index (χ4v) is 2.36. The lowest BCUT2D eigenvalue weighted by Gasteiger charge is -2.19. The van der Waals surface area contributed by atoms with Crippen LogP contribution >= 0.6 is 0 Å². The van der Waals surface area contributed by atoms with Crippen molar-refractivity contribution in [2.75, 3.05) is 31.7 Å². The third-order valence-electron chi connectivity index (χ3n) is 3.10. The van der Waals surface area contributed by atoms with Gasteiger partial charge in [0.05, 0.1) is 6.61 Å². The van der Waals surface area contributed by atoms with Gasteiger partial charge in [0, 0.05) is 37.9 Å². The highest BCUT2D eigenvalue weighted by atomic mass is 16.5. The summed E-state index contributed by atoms with van der Waals surface area (Å²) in [5.74, 6) is 0.970. The molecule has 0 saturated carbocycles. The number of methoxy groups -OCH3 is 1. The molecule has 1 unspecified atom stereocenters. The Hall–Kier alpha value is -1.22. The Balaban J connectivity index is 2.08. The summed E-state index contributed by atoms with van der Waals surface area (Å²) in [6, 6.07) is 5.74. The molecular formula is C13H19NO2. The molecule has 0 radical (unpaired) electrons. The number of phenolic OH excluding ortho intramolecular Hbond substituents is 1. The number of phenols is 1. The molecule has 1 N–H and O–H groups in total. The van der Waals surface area contributed by atoms with E-state index in [0.717, 1.165) is 30.9 Å². The molecule has 1 heterocycles. The van der Waals surface area contributed by atoms with E-state index in [1.165, 1.54) is 6.42 Å². The van der Waals surface area contributed by atoms with Gasteiger partial charge in [0.15, 0.2) is 0 Å². The Morgan fingerprint density at radius 2 is 2.25 bits per heavy atom. The van der Waals surface area contributed by atoms with Gasteiger partial charge in [-0.1, -0.05) is 0 Å². The Kier molecular flexibility index (Phi) is 3.34. The molecule has 1 saturated heterocycles. The fraction of sp³-hybridized carbons (Fsp3) is 0.538. The van der Waals surface area contributed by atoms with Gasteiger partial charge in [-0.3, -0.25) is 0 Å². The maximum Gasteiger partial charge on any atom is 0.117 e. The average molecular weight is 221 g/mol. The third kappa shape index (κ3) is 2.47. The van der Waals surface area contributed by atoms with E-state index in [0.29, 0.717) is 11.7 Å². The minimum Gasteiger partial charge on any atom is -0.508 e. The molecule has 1 aromatic rings. The summed E-state index contributed by atoms with van der Waals surface area (Å²) in [5.41, 5.74) is 2.22. The molecule has 0 bridgehead atoms. The van der Waals surface area contributed by atoms with Crippen LogP contribution in [0.4, 0.5) is 5.69 Å². The molecule has 0 spiro atoms. The molecule has 3 heteroatoms. The highest BCUT2D eigenvalue weighted by Gasteiger charge is 2.22. The van der Waals surface area contributed by atoms with Crippen LogP contribution in [0, 0.1) is 12.8 Å². The number of hydrogen-bond donors (Lipinski definition) is 1. The maximum atomic E-state index is 9.57. The lowest BCUT2D eigenvalue weighted by molar-refractivity contribution is 0.161. The van der Waals surface area contributed by atoms with Crippen molar-refractivity contribution >= 4 is 5.69 Å². The summed E-state index contributed by atoms with van der Waals surface area (Å²) in [4.78, 5) is 2.32. The molecule has 88 valence electrons. The van der Waals surface area contributed by atoms with Crippen molar-refractivity contribution < 1.29 is 9.84 Å². The molecule has 0 amide bonds. The van der Waals surface area contributed by atoms with Gasteiger partial charge in [0.25, 0.3) is 0 Å². The largest absolute Gasteiger partial charge is 0.508 e.